The first kappa shape index (κ1) is 36.2. The van der Waals surface area contributed by atoms with Crippen LogP contribution in [0.15, 0.2) is 0 Å². The van der Waals surface area contributed by atoms with Crippen LogP contribution in [0.25, 0.3) is 0 Å². The molecule has 1 saturated carbocycles. The molecule has 1 N–H and O–H groups in total. The molecule has 0 amide bonds. The molecule has 2 saturated heterocycles. The number of rotatable bonds is 14. The van der Waals surface area contributed by atoms with Gasteiger partial charge in [-0.3, -0.25) is 0 Å². The molecule has 7 nitrogen and oxygen atoms in total. The van der Waals surface area contributed by atoms with Gasteiger partial charge in [-0.15, -0.1) is 0 Å². The normalized spacial score (nSPS) is 24.2. The highest BCUT2D eigenvalue weighted by Crippen LogP contribution is 2.40. The minimum atomic E-state index is -2.22. The van der Waals surface area contributed by atoms with E-state index in [4.69, 9.17) is 32.3 Å². The highest BCUT2D eigenvalue weighted by molar-refractivity contribution is 6.69. The van der Waals surface area contributed by atoms with Crippen molar-refractivity contribution in [2.45, 2.75) is 129 Å². The molecule has 0 bridgehead atoms. The van der Waals surface area contributed by atoms with Gasteiger partial charge in [-0.1, -0.05) is 59.8 Å². The number of hydrogen-bond acceptors (Lipinski definition) is 7. The Balaban J connectivity index is 0.000000458. The quantitative estimate of drug-likeness (QED) is 0.151. The number of ether oxygens (including phenoxy) is 3. The fourth-order valence-corrected chi connectivity index (χ4v) is 7.21. The van der Waals surface area contributed by atoms with Crippen LogP contribution < -0.4 is 0 Å². The van der Waals surface area contributed by atoms with Gasteiger partial charge in [0.15, 0.2) is 8.32 Å². The van der Waals surface area contributed by atoms with Crippen molar-refractivity contribution in [3.8, 4) is 0 Å². The summed E-state index contributed by atoms with van der Waals surface area (Å²) < 4.78 is 31.2. The van der Waals surface area contributed by atoms with E-state index in [9.17, 15) is 0 Å². The molecule has 1 aliphatic carbocycles. The second-order valence-corrected chi connectivity index (χ2v) is 17.9. The molecular formula is C27H60O7Si2. The van der Waals surface area contributed by atoms with Crippen molar-refractivity contribution in [3.63, 3.8) is 0 Å². The average molecular weight is 553 g/mol. The molecule has 3 rings (SSSR count). The first-order chi connectivity index (χ1) is 17.1. The van der Waals surface area contributed by atoms with E-state index in [0.717, 1.165) is 50.7 Å². The zero-order valence-electron chi connectivity index (χ0n) is 25.1. The molecule has 4 unspecified atom stereocenters. The van der Waals surface area contributed by atoms with Crippen LogP contribution >= 0.6 is 0 Å². The van der Waals surface area contributed by atoms with Crippen molar-refractivity contribution >= 4 is 17.1 Å². The van der Waals surface area contributed by atoms with Crippen molar-refractivity contribution in [1.29, 1.82) is 0 Å². The topological polar surface area (TPSA) is 82.2 Å². The summed E-state index contributed by atoms with van der Waals surface area (Å²) in [5, 5.41) is 0. The summed E-state index contributed by atoms with van der Waals surface area (Å²) >= 11 is 0. The Hall–Kier alpha value is 0.154. The highest BCUT2D eigenvalue weighted by Gasteiger charge is 2.43. The van der Waals surface area contributed by atoms with Gasteiger partial charge in [0.05, 0.1) is 25.4 Å². The van der Waals surface area contributed by atoms with Gasteiger partial charge in [-0.05, 0) is 50.7 Å². The largest absolute Gasteiger partial charge is 0.500 e. The van der Waals surface area contributed by atoms with Gasteiger partial charge in [-0.25, -0.2) is 0 Å². The summed E-state index contributed by atoms with van der Waals surface area (Å²) in [5.41, 5.74) is 0. The van der Waals surface area contributed by atoms with Crippen LogP contribution in [-0.2, 0) is 27.5 Å². The van der Waals surface area contributed by atoms with Crippen molar-refractivity contribution in [1.82, 2.24) is 0 Å². The summed E-state index contributed by atoms with van der Waals surface area (Å²) in [6.45, 7) is 15.2. The van der Waals surface area contributed by atoms with Gasteiger partial charge in [-0.2, -0.15) is 0 Å². The maximum atomic E-state index is 9.16. The Morgan fingerprint density at radius 1 is 0.833 bits per heavy atom. The molecule has 0 aromatic carbocycles. The summed E-state index contributed by atoms with van der Waals surface area (Å²) in [6, 6.07) is 1.92. The van der Waals surface area contributed by atoms with Gasteiger partial charge >= 0.3 is 8.80 Å². The van der Waals surface area contributed by atoms with Gasteiger partial charge in [0.25, 0.3) is 0 Å². The molecule has 2 aliphatic heterocycles. The lowest BCUT2D eigenvalue weighted by atomic mass is 9.86. The summed E-state index contributed by atoms with van der Waals surface area (Å²) in [5.74, 6) is 0.994. The Morgan fingerprint density at radius 2 is 1.44 bits per heavy atom. The molecular weight excluding hydrogens is 492 g/mol. The van der Waals surface area contributed by atoms with E-state index in [-0.39, 0.29) is 0 Å². The third kappa shape index (κ3) is 19.3. The van der Waals surface area contributed by atoms with Crippen molar-refractivity contribution in [3.05, 3.63) is 0 Å². The Labute approximate surface area is 225 Å². The first-order valence-corrected chi connectivity index (χ1v) is 19.4. The van der Waals surface area contributed by atoms with Crippen LogP contribution in [0, 0.1) is 5.92 Å². The average Bonchev–Trinajstić information content (AvgIpc) is 3.77. The number of unbranched alkanes of at least 4 members (excludes halogenated alkanes) is 1. The fraction of sp³-hybridized carbons (Fsp3) is 1.00. The molecule has 0 aromatic rings. The van der Waals surface area contributed by atoms with E-state index in [1.54, 1.807) is 21.3 Å². The van der Waals surface area contributed by atoms with Gasteiger partial charge in [0.1, 0.15) is 6.10 Å². The molecule has 0 aromatic heterocycles. The molecule has 3 aliphatic rings. The van der Waals surface area contributed by atoms with Crippen LogP contribution in [0.1, 0.15) is 85.5 Å². The fourth-order valence-electron chi connectivity index (χ4n) is 4.26. The highest BCUT2D eigenvalue weighted by atomic mass is 28.4. The number of epoxide rings is 2. The SMILES string of the molecule is CCCC1CCC2OC2C1.CCCCOCC1CO1.CCC[Si](C)(C)O.CCC[Si](OC)(OC)OC. The molecule has 9 heteroatoms. The standard InChI is InChI=1S/C9H16O.C7H14O2.C6H16O3Si.C5H14OSi/c1-2-3-7-4-5-8-9(6-7)10-8;1-2-3-4-8-5-7-6-9-7;1-5-6-10(7-2,8-3)9-4;1-4-5-7(2,3)6/h7-9H,2-6H2,1H3;7H,2-6H2,1H3;5-6H2,1-4H3;6H,4-5H2,1-3H3. The third-order valence-corrected chi connectivity index (χ3v) is 11.2. The Kier molecular flexibility index (Phi) is 21.1. The summed E-state index contributed by atoms with van der Waals surface area (Å²) in [7, 11) is 1.03. The maximum absolute atomic E-state index is 9.16. The predicted octanol–water partition coefficient (Wildman–Crippen LogP) is 6.42. The van der Waals surface area contributed by atoms with E-state index in [1.165, 1.54) is 44.9 Å². The van der Waals surface area contributed by atoms with Gasteiger partial charge in [0.2, 0.25) is 0 Å². The molecule has 218 valence electrons. The zero-order chi connectivity index (χ0) is 27.5. The van der Waals surface area contributed by atoms with E-state index < -0.39 is 17.1 Å². The Bertz CT molecular complexity index is 489. The number of hydrogen-bond donors (Lipinski definition) is 1. The van der Waals surface area contributed by atoms with Crippen LogP contribution in [0.3, 0.4) is 0 Å². The molecule has 3 fully saturated rings. The smallest absolute Gasteiger partial charge is 0.432 e. The first-order valence-electron chi connectivity index (χ1n) is 14.4. The van der Waals surface area contributed by atoms with Crippen LogP contribution in [0.4, 0.5) is 0 Å². The molecule has 4 atom stereocenters. The molecule has 0 spiro atoms. The van der Waals surface area contributed by atoms with Crippen LogP contribution in [0.5, 0.6) is 0 Å². The Morgan fingerprint density at radius 3 is 1.81 bits per heavy atom. The van der Waals surface area contributed by atoms with Gasteiger partial charge < -0.3 is 32.3 Å². The monoisotopic (exact) mass is 552 g/mol. The number of fused-ring (bicyclic) bond motifs is 1. The lowest BCUT2D eigenvalue weighted by Gasteiger charge is -2.23. The predicted molar refractivity (Wildman–Crippen MR) is 153 cm³/mol. The second-order valence-electron chi connectivity index (χ2n) is 10.7. The van der Waals surface area contributed by atoms with E-state index >= 15 is 0 Å². The van der Waals surface area contributed by atoms with E-state index in [2.05, 4.69) is 27.7 Å². The van der Waals surface area contributed by atoms with Crippen molar-refractivity contribution in [2.75, 3.05) is 41.2 Å². The summed E-state index contributed by atoms with van der Waals surface area (Å²) in [4.78, 5) is 9.16. The molecule has 36 heavy (non-hydrogen) atoms. The van der Waals surface area contributed by atoms with Crippen LogP contribution in [0.2, 0.25) is 25.2 Å². The molecule has 2 heterocycles. The lowest BCUT2D eigenvalue weighted by molar-refractivity contribution is 0.114. The molecule has 0 radical (unpaired) electrons. The zero-order valence-corrected chi connectivity index (χ0v) is 27.1. The van der Waals surface area contributed by atoms with E-state index in [1.807, 2.05) is 13.1 Å². The second kappa shape index (κ2) is 21.0. The lowest BCUT2D eigenvalue weighted by Crippen LogP contribution is -2.42. The van der Waals surface area contributed by atoms with Gasteiger partial charge in [0, 0.05) is 34.0 Å². The van der Waals surface area contributed by atoms with Crippen LogP contribution in [-0.4, -0.2) is 81.4 Å². The minimum Gasteiger partial charge on any atom is -0.432 e. The maximum Gasteiger partial charge on any atom is 0.500 e. The van der Waals surface area contributed by atoms with E-state index in [0.29, 0.717) is 18.3 Å². The van der Waals surface area contributed by atoms with Crippen molar-refractivity contribution in [2.24, 2.45) is 5.92 Å². The summed E-state index contributed by atoms with van der Waals surface area (Å²) in [6.07, 6.45) is 13.2. The minimum absolute atomic E-state index is 0.432. The van der Waals surface area contributed by atoms with Crippen molar-refractivity contribution < 1.29 is 32.3 Å². The third-order valence-electron chi connectivity index (χ3n) is 6.51.